The number of rotatable bonds is 11. The van der Waals surface area contributed by atoms with Gasteiger partial charge in [0.05, 0.1) is 22.3 Å². The number of aromatic hydroxyl groups is 2. The van der Waals surface area contributed by atoms with Crippen LogP contribution in [0.4, 0.5) is 9.59 Å². The monoisotopic (exact) mass is 926 g/mol. The molecule has 0 amide bonds. The third kappa shape index (κ3) is 6.71. The highest BCUT2D eigenvalue weighted by atomic mass is 33.1. The molecule has 18 heteroatoms. The Labute approximate surface area is 380 Å². The van der Waals surface area contributed by atoms with Crippen molar-refractivity contribution in [2.24, 2.45) is 0 Å². The molecule has 0 fully saturated rings. The topological polar surface area (TPSA) is 217 Å². The number of carbonyl (C=O) groups is 6. The van der Waals surface area contributed by atoms with Gasteiger partial charge in [-0.2, -0.15) is 0 Å². The second kappa shape index (κ2) is 16.5. The van der Waals surface area contributed by atoms with Crippen LogP contribution < -0.4 is 18.9 Å². The minimum atomic E-state index is -1.52. The third-order valence-corrected chi connectivity index (χ3v) is 13.6. The van der Waals surface area contributed by atoms with Crippen molar-refractivity contribution in [3.63, 3.8) is 0 Å². The number of esters is 2. The van der Waals surface area contributed by atoms with E-state index < -0.39 is 35.5 Å². The van der Waals surface area contributed by atoms with Gasteiger partial charge in [0.2, 0.25) is 0 Å². The Morgan fingerprint density at radius 2 is 0.955 bits per heavy atom. The number of hydrogen-bond donors (Lipinski definition) is 2. The molecular weight excluding hydrogens is 897 g/mol. The van der Waals surface area contributed by atoms with Crippen molar-refractivity contribution in [2.45, 2.75) is 11.2 Å². The normalized spacial score (nSPS) is 17.6. The molecule has 330 valence electrons. The molecule has 4 heterocycles. The molecule has 2 spiro atoms. The highest BCUT2D eigenvalue weighted by molar-refractivity contribution is 8.76. The van der Waals surface area contributed by atoms with Crippen LogP contribution in [0.15, 0.2) is 109 Å². The van der Waals surface area contributed by atoms with Gasteiger partial charge < -0.3 is 48.1 Å². The highest BCUT2D eigenvalue weighted by Gasteiger charge is 2.55. The molecule has 2 unspecified atom stereocenters. The van der Waals surface area contributed by atoms with Crippen LogP contribution in [0.2, 0.25) is 0 Å². The molecule has 4 aliphatic rings. The van der Waals surface area contributed by atoms with Crippen LogP contribution in [0, 0.1) is 0 Å². The number of hydrogen-bond acceptors (Lipinski definition) is 18. The maximum atomic E-state index is 13.1. The predicted octanol–water partition coefficient (Wildman–Crippen LogP) is 8.97. The van der Waals surface area contributed by atoms with E-state index in [4.69, 9.17) is 37.9 Å². The lowest BCUT2D eigenvalue weighted by atomic mass is 9.77. The van der Waals surface area contributed by atoms with Gasteiger partial charge in [0.1, 0.15) is 59.2 Å². The largest absolute Gasteiger partial charge is 0.513 e. The van der Waals surface area contributed by atoms with E-state index in [0.717, 1.165) is 0 Å². The summed E-state index contributed by atoms with van der Waals surface area (Å²) in [6, 6.07) is 28.2. The first-order chi connectivity index (χ1) is 32.1. The molecule has 0 radical (unpaired) electrons. The number of ether oxygens (including phenoxy) is 8. The molecule has 0 bridgehead atoms. The fourth-order valence-electron chi connectivity index (χ4n) is 8.50. The SMILES string of the molecule is O=Cc1c(O)ccc2c1Oc1cc(OC(=O)OCCSSCCOC(=O)Oc3ccc4c(c3)Oc3c(ccc(O)c3C=O)C43OC(=O)c4ccccc43)ccc1C21OC(=O)c2ccccc21. The minimum Gasteiger partial charge on any atom is -0.507 e. The summed E-state index contributed by atoms with van der Waals surface area (Å²) < 4.78 is 45.6. The number of benzene rings is 6. The van der Waals surface area contributed by atoms with Gasteiger partial charge in [-0.05, 0) is 60.7 Å². The molecule has 0 aliphatic carbocycles. The second-order valence-electron chi connectivity index (χ2n) is 14.8. The minimum absolute atomic E-state index is 0.0194. The van der Waals surface area contributed by atoms with Gasteiger partial charge in [-0.3, -0.25) is 9.59 Å². The summed E-state index contributed by atoms with van der Waals surface area (Å²) in [6.45, 7) is -0.0616. The second-order valence-corrected chi connectivity index (χ2v) is 17.5. The van der Waals surface area contributed by atoms with E-state index in [1.165, 1.54) is 70.1 Å². The van der Waals surface area contributed by atoms with Gasteiger partial charge in [0, 0.05) is 57.0 Å². The van der Waals surface area contributed by atoms with Crippen molar-refractivity contribution in [2.75, 3.05) is 24.7 Å². The first kappa shape index (κ1) is 42.0. The molecule has 10 rings (SSSR count). The summed E-state index contributed by atoms with van der Waals surface area (Å²) in [5.41, 5.74) is -0.223. The Hall–Kier alpha value is -7.96. The molecule has 2 N–H and O–H groups in total. The Balaban J connectivity index is 0.719. The van der Waals surface area contributed by atoms with E-state index in [2.05, 4.69) is 0 Å². The van der Waals surface area contributed by atoms with Crippen LogP contribution in [0.25, 0.3) is 0 Å². The standard InChI is InChI=1S/C48H30O16S2/c49-23-29-37(51)15-13-35-41(29)61-39-21-25(9-11-33(39)47(35)31-7-3-1-5-27(31)43(53)63-47)59-45(55)57-17-19-65-66-20-18-58-46(56)60-26-10-12-34-40(22-26)62-42-30(24-50)38(52)16-14-36(42)48(34)32-8-4-2-6-28(32)44(54)64-48/h1-16,21-24,51-52H,17-20H2. The number of carbonyl (C=O) groups excluding carboxylic acids is 6. The zero-order valence-electron chi connectivity index (χ0n) is 33.8. The lowest BCUT2D eigenvalue weighted by Gasteiger charge is -2.37. The molecule has 16 nitrogen and oxygen atoms in total. The smallest absolute Gasteiger partial charge is 0.507 e. The van der Waals surface area contributed by atoms with E-state index in [1.54, 1.807) is 60.7 Å². The molecule has 0 aromatic heterocycles. The van der Waals surface area contributed by atoms with Crippen molar-refractivity contribution in [3.05, 3.63) is 165 Å². The van der Waals surface area contributed by atoms with Gasteiger partial charge in [0.25, 0.3) is 0 Å². The molecular formula is C48H30O16S2. The Morgan fingerprint density at radius 3 is 1.38 bits per heavy atom. The summed E-state index contributed by atoms with van der Waals surface area (Å²) in [7, 11) is 2.69. The first-order valence-electron chi connectivity index (χ1n) is 19.9. The zero-order valence-corrected chi connectivity index (χ0v) is 35.4. The average molecular weight is 927 g/mol. The van der Waals surface area contributed by atoms with Crippen molar-refractivity contribution in [1.82, 2.24) is 0 Å². The Morgan fingerprint density at radius 1 is 0.545 bits per heavy atom. The summed E-state index contributed by atoms with van der Waals surface area (Å²) in [5.74, 6) is -0.911. The van der Waals surface area contributed by atoms with Crippen molar-refractivity contribution >= 4 is 58.4 Å². The highest BCUT2D eigenvalue weighted by Crippen LogP contribution is 2.59. The molecule has 66 heavy (non-hydrogen) atoms. The fourth-order valence-corrected chi connectivity index (χ4v) is 10.1. The summed E-state index contributed by atoms with van der Waals surface area (Å²) in [4.78, 5) is 75.7. The van der Waals surface area contributed by atoms with E-state index in [9.17, 15) is 39.0 Å². The number of phenols is 2. The Bertz CT molecular complexity index is 2870. The van der Waals surface area contributed by atoms with Crippen molar-refractivity contribution < 1.29 is 76.9 Å². The van der Waals surface area contributed by atoms with Gasteiger partial charge >= 0.3 is 24.2 Å². The molecule has 6 aromatic rings. The molecule has 6 aromatic carbocycles. The van der Waals surface area contributed by atoms with Crippen molar-refractivity contribution in [3.8, 4) is 46.0 Å². The van der Waals surface area contributed by atoms with Crippen molar-refractivity contribution in [1.29, 1.82) is 0 Å². The maximum absolute atomic E-state index is 13.1. The molecule has 0 saturated heterocycles. The summed E-state index contributed by atoms with van der Waals surface area (Å²) in [5, 5.41) is 20.9. The number of aldehydes is 2. The fraction of sp³-hybridized carbons (Fsp3) is 0.125. The van der Waals surface area contributed by atoms with E-state index in [1.807, 2.05) is 0 Å². The lowest BCUT2D eigenvalue weighted by Crippen LogP contribution is -2.33. The average Bonchev–Trinajstić information content (AvgIpc) is 3.77. The third-order valence-electron chi connectivity index (χ3n) is 11.2. The van der Waals surface area contributed by atoms with Gasteiger partial charge in [-0.1, -0.05) is 58.0 Å². The molecule has 4 aliphatic heterocycles. The number of fused-ring (bicyclic) bond motifs is 12. The lowest BCUT2D eigenvalue weighted by molar-refractivity contribution is 0.0213. The van der Waals surface area contributed by atoms with E-state index in [-0.39, 0.29) is 70.3 Å². The molecule has 0 saturated carbocycles. The van der Waals surface area contributed by atoms with Crippen LogP contribution in [0.5, 0.6) is 46.0 Å². The van der Waals surface area contributed by atoms with E-state index >= 15 is 0 Å². The Kier molecular flexibility index (Phi) is 10.5. The van der Waals surface area contributed by atoms with Crippen LogP contribution in [0.3, 0.4) is 0 Å². The van der Waals surface area contributed by atoms with Crippen LogP contribution in [-0.2, 0) is 30.1 Å². The van der Waals surface area contributed by atoms with Gasteiger partial charge in [0.15, 0.2) is 23.8 Å². The van der Waals surface area contributed by atoms with Crippen LogP contribution in [-0.4, -0.2) is 71.8 Å². The first-order valence-corrected chi connectivity index (χ1v) is 22.4. The summed E-state index contributed by atoms with van der Waals surface area (Å²) in [6.07, 6.45) is -1.15. The van der Waals surface area contributed by atoms with Gasteiger partial charge in [-0.15, -0.1) is 0 Å². The van der Waals surface area contributed by atoms with Crippen LogP contribution in [0.1, 0.15) is 74.8 Å². The maximum Gasteiger partial charge on any atom is 0.513 e. The quantitative estimate of drug-likeness (QED) is 0.0309. The summed E-state index contributed by atoms with van der Waals surface area (Å²) >= 11 is 0. The van der Waals surface area contributed by atoms with Gasteiger partial charge in [-0.25, -0.2) is 19.2 Å². The molecule has 2 atom stereocenters. The predicted molar refractivity (Wildman–Crippen MR) is 232 cm³/mol. The van der Waals surface area contributed by atoms with E-state index in [0.29, 0.717) is 68.6 Å². The van der Waals surface area contributed by atoms with Crippen LogP contribution >= 0.6 is 21.6 Å². The zero-order chi connectivity index (χ0) is 45.7. The number of phenolic OH excluding ortho intramolecular Hbond substituents is 2.